The molecule has 2 aromatic carbocycles. The molecule has 1 unspecified atom stereocenters. The number of hydrogen-bond donors (Lipinski definition) is 1. The van der Waals surface area contributed by atoms with Crippen LogP contribution in [0.25, 0.3) is 27.8 Å². The molecule has 0 saturated carbocycles. The predicted octanol–water partition coefficient (Wildman–Crippen LogP) is 3.97. The molecule has 0 fully saturated rings. The van der Waals surface area contributed by atoms with Gasteiger partial charge in [0, 0.05) is 37.0 Å². The van der Waals surface area contributed by atoms with Gasteiger partial charge in [-0.1, -0.05) is 13.0 Å². The fraction of sp³-hybridized carbons (Fsp3) is 0.292. The van der Waals surface area contributed by atoms with Crippen LogP contribution >= 0.6 is 0 Å². The van der Waals surface area contributed by atoms with Gasteiger partial charge in [0.15, 0.2) is 0 Å². The van der Waals surface area contributed by atoms with Crippen molar-refractivity contribution in [1.82, 2.24) is 24.6 Å². The molecule has 4 rings (SSSR count). The first-order valence-electron chi connectivity index (χ1n) is 10.5. The molecule has 0 bridgehead atoms. The summed E-state index contributed by atoms with van der Waals surface area (Å²) in [5.74, 6) is 0.652. The molecular formula is C24H27N5O3. The molecule has 2 aromatic heterocycles. The largest absolute Gasteiger partial charge is 0.496 e. The second-order valence-electron chi connectivity index (χ2n) is 7.73. The van der Waals surface area contributed by atoms with Gasteiger partial charge in [-0.15, -0.1) is 0 Å². The Labute approximate surface area is 186 Å². The van der Waals surface area contributed by atoms with Gasteiger partial charge in [0.25, 0.3) is 5.91 Å². The van der Waals surface area contributed by atoms with Crippen molar-refractivity contribution in [3.63, 3.8) is 0 Å². The number of carbonyl (C=O) groups is 1. The van der Waals surface area contributed by atoms with Gasteiger partial charge >= 0.3 is 0 Å². The van der Waals surface area contributed by atoms with E-state index in [0.29, 0.717) is 17.1 Å². The van der Waals surface area contributed by atoms with Crippen LogP contribution in [0.1, 0.15) is 30.6 Å². The van der Waals surface area contributed by atoms with Crippen LogP contribution in [0.5, 0.6) is 11.5 Å². The van der Waals surface area contributed by atoms with Crippen LogP contribution in [0.15, 0.2) is 49.1 Å². The molecule has 8 nitrogen and oxygen atoms in total. The Hall–Kier alpha value is -3.81. The summed E-state index contributed by atoms with van der Waals surface area (Å²) in [7, 11) is 4.99. The van der Waals surface area contributed by atoms with Gasteiger partial charge in [-0.3, -0.25) is 14.0 Å². The first-order chi connectivity index (χ1) is 15.4. The van der Waals surface area contributed by atoms with Crippen molar-refractivity contribution in [2.45, 2.75) is 26.3 Å². The normalized spacial score (nSPS) is 12.0. The van der Waals surface area contributed by atoms with E-state index in [9.17, 15) is 4.79 Å². The van der Waals surface area contributed by atoms with Gasteiger partial charge in [-0.2, -0.15) is 5.10 Å². The lowest BCUT2D eigenvalue weighted by molar-refractivity contribution is 0.0933. The minimum Gasteiger partial charge on any atom is -0.496 e. The SMILES string of the molecule is CCC(C)NC(=O)c1c(OC)cc(-n2cnc3cc(-c4cnn(C)c4)ccc32)cc1OC. The third-order valence-electron chi connectivity index (χ3n) is 5.57. The van der Waals surface area contributed by atoms with E-state index in [1.54, 1.807) is 25.2 Å². The molecule has 4 aromatic rings. The van der Waals surface area contributed by atoms with Gasteiger partial charge in [0.05, 0.1) is 37.1 Å². The third kappa shape index (κ3) is 3.91. The summed E-state index contributed by atoms with van der Waals surface area (Å²) in [6, 6.07) is 9.79. The van der Waals surface area contributed by atoms with E-state index in [2.05, 4.69) is 15.4 Å². The lowest BCUT2D eigenvalue weighted by Gasteiger charge is -2.18. The number of aromatic nitrogens is 4. The number of nitrogens with zero attached hydrogens (tertiary/aromatic N) is 4. The molecule has 0 aliphatic rings. The molecule has 0 aliphatic heterocycles. The smallest absolute Gasteiger partial charge is 0.259 e. The van der Waals surface area contributed by atoms with E-state index in [1.165, 1.54) is 0 Å². The number of hydrogen-bond acceptors (Lipinski definition) is 5. The van der Waals surface area contributed by atoms with E-state index in [1.807, 2.05) is 68.2 Å². The third-order valence-corrected chi connectivity index (χ3v) is 5.57. The predicted molar refractivity (Wildman–Crippen MR) is 124 cm³/mol. The monoisotopic (exact) mass is 433 g/mol. The van der Waals surface area contributed by atoms with E-state index in [4.69, 9.17) is 9.47 Å². The first kappa shape index (κ1) is 21.4. The van der Waals surface area contributed by atoms with Crippen LogP contribution in [-0.2, 0) is 7.05 Å². The summed E-state index contributed by atoms with van der Waals surface area (Å²) >= 11 is 0. The van der Waals surface area contributed by atoms with Gasteiger partial charge in [0.1, 0.15) is 23.4 Å². The fourth-order valence-corrected chi connectivity index (χ4v) is 3.63. The summed E-state index contributed by atoms with van der Waals surface area (Å²) in [6.07, 6.45) is 6.38. The topological polar surface area (TPSA) is 83.2 Å². The molecule has 8 heteroatoms. The number of fused-ring (bicyclic) bond motifs is 1. The van der Waals surface area contributed by atoms with Crippen molar-refractivity contribution in [3.05, 3.63) is 54.6 Å². The Kier molecular flexibility index (Phi) is 5.85. The average Bonchev–Trinajstić information content (AvgIpc) is 3.43. The second-order valence-corrected chi connectivity index (χ2v) is 7.73. The van der Waals surface area contributed by atoms with Crippen molar-refractivity contribution < 1.29 is 14.3 Å². The molecule has 0 saturated heterocycles. The number of rotatable bonds is 7. The summed E-state index contributed by atoms with van der Waals surface area (Å²) in [6.45, 7) is 3.98. The number of aryl methyl sites for hydroxylation is 1. The highest BCUT2D eigenvalue weighted by molar-refractivity contribution is 6.00. The average molecular weight is 434 g/mol. The standard InChI is InChI=1S/C24H27N5O3/c1-6-15(2)27-24(30)23-21(31-4)10-18(11-22(23)32-5)29-14-25-19-9-16(7-8-20(19)29)17-12-26-28(3)13-17/h7-15H,6H2,1-5H3,(H,27,30). The molecule has 166 valence electrons. The molecular weight excluding hydrogens is 406 g/mol. The minimum atomic E-state index is -0.226. The molecule has 0 spiro atoms. The lowest BCUT2D eigenvalue weighted by Crippen LogP contribution is -2.32. The number of ether oxygens (including phenoxy) is 2. The van der Waals surface area contributed by atoms with Crippen molar-refractivity contribution in [2.75, 3.05) is 14.2 Å². The van der Waals surface area contributed by atoms with E-state index >= 15 is 0 Å². The van der Waals surface area contributed by atoms with Crippen LogP contribution in [-0.4, -0.2) is 45.5 Å². The highest BCUT2D eigenvalue weighted by Gasteiger charge is 2.22. The van der Waals surface area contributed by atoms with E-state index < -0.39 is 0 Å². The van der Waals surface area contributed by atoms with Gasteiger partial charge < -0.3 is 14.8 Å². The maximum Gasteiger partial charge on any atom is 0.259 e. The van der Waals surface area contributed by atoms with Crippen LogP contribution in [0.4, 0.5) is 0 Å². The second kappa shape index (κ2) is 8.74. The number of amides is 1. The Bertz CT molecular complexity index is 1250. The molecule has 0 aliphatic carbocycles. The number of imidazole rings is 1. The Morgan fingerprint density at radius 2 is 1.84 bits per heavy atom. The maximum atomic E-state index is 12.9. The summed E-state index contributed by atoms with van der Waals surface area (Å²) < 4.78 is 14.9. The van der Waals surface area contributed by atoms with Gasteiger partial charge in [-0.05, 0) is 31.0 Å². The van der Waals surface area contributed by atoms with Crippen molar-refractivity contribution in [3.8, 4) is 28.3 Å². The number of nitrogens with one attached hydrogen (secondary N) is 1. The molecule has 32 heavy (non-hydrogen) atoms. The van der Waals surface area contributed by atoms with Gasteiger partial charge in [0.2, 0.25) is 0 Å². The Balaban J connectivity index is 1.77. The van der Waals surface area contributed by atoms with Crippen molar-refractivity contribution >= 4 is 16.9 Å². The van der Waals surface area contributed by atoms with Gasteiger partial charge in [-0.25, -0.2) is 4.98 Å². The molecule has 2 heterocycles. The molecule has 1 N–H and O–H groups in total. The van der Waals surface area contributed by atoms with E-state index in [-0.39, 0.29) is 11.9 Å². The zero-order chi connectivity index (χ0) is 22.8. The highest BCUT2D eigenvalue weighted by Crippen LogP contribution is 2.34. The van der Waals surface area contributed by atoms with Crippen LogP contribution < -0.4 is 14.8 Å². The molecule has 0 radical (unpaired) electrons. The fourth-order valence-electron chi connectivity index (χ4n) is 3.63. The number of methoxy groups -OCH3 is 2. The van der Waals surface area contributed by atoms with Crippen molar-refractivity contribution in [1.29, 1.82) is 0 Å². The quantitative estimate of drug-likeness (QED) is 0.477. The highest BCUT2D eigenvalue weighted by atomic mass is 16.5. The van der Waals surface area contributed by atoms with Crippen LogP contribution in [0.2, 0.25) is 0 Å². The van der Waals surface area contributed by atoms with E-state index in [0.717, 1.165) is 34.3 Å². The Morgan fingerprint density at radius 3 is 2.44 bits per heavy atom. The molecule has 1 atom stereocenters. The summed E-state index contributed by atoms with van der Waals surface area (Å²) in [4.78, 5) is 17.4. The van der Waals surface area contributed by atoms with Crippen molar-refractivity contribution in [2.24, 2.45) is 7.05 Å². The zero-order valence-corrected chi connectivity index (χ0v) is 18.9. The summed E-state index contributed by atoms with van der Waals surface area (Å²) in [5, 5.41) is 7.22. The summed E-state index contributed by atoms with van der Waals surface area (Å²) in [5.41, 5.74) is 5.02. The molecule has 1 amide bonds. The first-order valence-corrected chi connectivity index (χ1v) is 10.5. The van der Waals surface area contributed by atoms with Crippen LogP contribution in [0.3, 0.4) is 0 Å². The Morgan fingerprint density at radius 1 is 1.12 bits per heavy atom. The zero-order valence-electron chi connectivity index (χ0n) is 18.9. The minimum absolute atomic E-state index is 0.0446. The maximum absolute atomic E-state index is 12.9. The number of carbonyl (C=O) groups excluding carboxylic acids is 1. The lowest BCUT2D eigenvalue weighted by atomic mass is 10.1. The number of benzene rings is 2. The van der Waals surface area contributed by atoms with Crippen LogP contribution in [0, 0.1) is 0 Å².